The van der Waals surface area contributed by atoms with Crippen LogP contribution >= 0.6 is 0 Å². The number of carbonyl (C=O) groups is 2. The summed E-state index contributed by atoms with van der Waals surface area (Å²) in [7, 11) is 0. The van der Waals surface area contributed by atoms with Crippen LogP contribution < -0.4 is 11.1 Å². The van der Waals surface area contributed by atoms with Crippen molar-refractivity contribution < 1.29 is 9.59 Å². The van der Waals surface area contributed by atoms with E-state index < -0.39 is 11.0 Å². The van der Waals surface area contributed by atoms with E-state index in [2.05, 4.69) is 16.3 Å². The molecule has 3 aliphatic rings. The summed E-state index contributed by atoms with van der Waals surface area (Å²) in [6, 6.07) is 2.93. The fraction of sp³-hybridized carbons (Fsp3) is 0.833. The topological polar surface area (TPSA) is 99.2 Å². The summed E-state index contributed by atoms with van der Waals surface area (Å²) in [6.45, 7) is 1.50. The summed E-state index contributed by atoms with van der Waals surface area (Å²) >= 11 is 0. The Labute approximate surface area is 143 Å². The van der Waals surface area contributed by atoms with Gasteiger partial charge < -0.3 is 11.1 Å². The number of nitrogens with zero attached hydrogens (tertiary/aromatic N) is 2. The Morgan fingerprint density at radius 1 is 1.21 bits per heavy atom. The lowest BCUT2D eigenvalue weighted by atomic mass is 9.70. The first-order chi connectivity index (χ1) is 11.5. The fourth-order valence-corrected chi connectivity index (χ4v) is 4.34. The maximum Gasteiger partial charge on any atom is 0.223 e. The quantitative estimate of drug-likeness (QED) is 0.769. The number of carbonyl (C=O) groups excluding carboxylic acids is 2. The Morgan fingerprint density at radius 2 is 1.92 bits per heavy atom. The molecular weight excluding hydrogens is 304 g/mol. The van der Waals surface area contributed by atoms with E-state index in [4.69, 9.17) is 5.73 Å². The summed E-state index contributed by atoms with van der Waals surface area (Å²) in [5, 5.41) is 12.5. The largest absolute Gasteiger partial charge is 0.369 e. The predicted molar refractivity (Wildman–Crippen MR) is 89.6 cm³/mol. The molecule has 3 fully saturated rings. The molecule has 132 valence electrons. The molecule has 0 aromatic carbocycles. The van der Waals surface area contributed by atoms with Crippen LogP contribution in [0.2, 0.25) is 0 Å². The van der Waals surface area contributed by atoms with Crippen LogP contribution in [0.4, 0.5) is 0 Å². The second-order valence-corrected chi connectivity index (χ2v) is 7.90. The van der Waals surface area contributed by atoms with E-state index in [9.17, 15) is 14.9 Å². The van der Waals surface area contributed by atoms with E-state index in [0.29, 0.717) is 25.4 Å². The van der Waals surface area contributed by atoms with Gasteiger partial charge in [-0.15, -0.1) is 0 Å². The van der Waals surface area contributed by atoms with E-state index in [1.165, 1.54) is 12.8 Å². The van der Waals surface area contributed by atoms with Crippen molar-refractivity contribution in [2.24, 2.45) is 11.1 Å². The van der Waals surface area contributed by atoms with E-state index in [-0.39, 0.29) is 18.2 Å². The number of nitrogens with two attached hydrogens (primary N) is 1. The Balaban J connectivity index is 1.54. The minimum Gasteiger partial charge on any atom is -0.369 e. The molecule has 1 heterocycles. The number of rotatable bonds is 6. The molecule has 3 rings (SSSR count). The summed E-state index contributed by atoms with van der Waals surface area (Å²) in [4.78, 5) is 26.7. The second kappa shape index (κ2) is 6.72. The molecule has 2 aliphatic carbocycles. The Bertz CT molecular complexity index is 546. The molecule has 0 aromatic rings. The van der Waals surface area contributed by atoms with Gasteiger partial charge >= 0.3 is 0 Å². The molecule has 0 radical (unpaired) electrons. The minimum absolute atomic E-state index is 0.125. The molecule has 0 bridgehead atoms. The number of likely N-dealkylation sites (tertiary alicyclic amines) is 1. The van der Waals surface area contributed by atoms with Crippen LogP contribution in [-0.2, 0) is 9.59 Å². The summed E-state index contributed by atoms with van der Waals surface area (Å²) in [5.41, 5.74) is 4.35. The lowest BCUT2D eigenvalue weighted by Gasteiger charge is -2.34. The Morgan fingerprint density at radius 3 is 2.50 bits per heavy atom. The fourth-order valence-electron chi connectivity index (χ4n) is 4.34. The molecule has 3 N–H and O–H groups in total. The summed E-state index contributed by atoms with van der Waals surface area (Å²) in [6.07, 6.45) is 8.59. The molecule has 1 aliphatic heterocycles. The van der Waals surface area contributed by atoms with Crippen LogP contribution in [0.1, 0.15) is 64.2 Å². The van der Waals surface area contributed by atoms with Crippen molar-refractivity contribution >= 4 is 11.8 Å². The van der Waals surface area contributed by atoms with Gasteiger partial charge in [0.2, 0.25) is 11.8 Å². The van der Waals surface area contributed by atoms with Crippen molar-refractivity contribution in [1.82, 2.24) is 10.2 Å². The van der Waals surface area contributed by atoms with E-state index in [0.717, 1.165) is 38.6 Å². The maximum atomic E-state index is 12.4. The molecule has 1 unspecified atom stereocenters. The summed E-state index contributed by atoms with van der Waals surface area (Å²) in [5.74, 6) is -0.397. The third-order valence-corrected chi connectivity index (χ3v) is 6.12. The van der Waals surface area contributed by atoms with Gasteiger partial charge in [-0.25, -0.2) is 0 Å². The molecule has 1 atom stereocenters. The Hall–Kier alpha value is -1.61. The number of amides is 2. The zero-order valence-corrected chi connectivity index (χ0v) is 14.4. The highest BCUT2D eigenvalue weighted by atomic mass is 16.2. The molecule has 0 aromatic heterocycles. The minimum atomic E-state index is -0.758. The van der Waals surface area contributed by atoms with Gasteiger partial charge in [0.05, 0.1) is 6.07 Å². The van der Waals surface area contributed by atoms with Crippen molar-refractivity contribution in [3.05, 3.63) is 0 Å². The third-order valence-electron chi connectivity index (χ3n) is 6.12. The molecule has 6 nitrogen and oxygen atoms in total. The van der Waals surface area contributed by atoms with Crippen LogP contribution in [0, 0.1) is 16.7 Å². The lowest BCUT2D eigenvalue weighted by Crippen LogP contribution is -2.50. The van der Waals surface area contributed by atoms with Gasteiger partial charge in [0.25, 0.3) is 0 Å². The Kier molecular flexibility index (Phi) is 4.82. The molecule has 24 heavy (non-hydrogen) atoms. The molecule has 6 heteroatoms. The standard InChI is InChI=1S/C18H28N4O2/c19-12-18(10-11-22(13-18)14-4-5-14)21-15(23)6-9-17(16(20)24)7-2-1-3-8-17/h14H,1-11,13H2,(H2,20,24)(H,21,23). The van der Waals surface area contributed by atoms with Crippen LogP contribution in [0.25, 0.3) is 0 Å². The molecular formula is C18H28N4O2. The SMILES string of the molecule is N#CC1(NC(=O)CCC2(C(N)=O)CCCCC2)CCN(C2CC2)C1. The number of nitrogens with one attached hydrogen (secondary N) is 1. The van der Waals surface area contributed by atoms with Crippen molar-refractivity contribution in [1.29, 1.82) is 5.26 Å². The van der Waals surface area contributed by atoms with E-state index >= 15 is 0 Å². The lowest BCUT2D eigenvalue weighted by molar-refractivity contribution is -0.131. The van der Waals surface area contributed by atoms with Gasteiger partial charge in [0.1, 0.15) is 5.54 Å². The van der Waals surface area contributed by atoms with Crippen LogP contribution in [0.15, 0.2) is 0 Å². The highest BCUT2D eigenvalue weighted by molar-refractivity contribution is 5.83. The number of hydrogen-bond donors (Lipinski definition) is 2. The van der Waals surface area contributed by atoms with Crippen LogP contribution in [0.5, 0.6) is 0 Å². The van der Waals surface area contributed by atoms with E-state index in [1.54, 1.807) is 0 Å². The van der Waals surface area contributed by atoms with Gasteiger partial charge in [-0.05, 0) is 38.5 Å². The van der Waals surface area contributed by atoms with Gasteiger partial charge in [0.15, 0.2) is 0 Å². The summed E-state index contributed by atoms with van der Waals surface area (Å²) < 4.78 is 0. The van der Waals surface area contributed by atoms with Crippen LogP contribution in [0.3, 0.4) is 0 Å². The first kappa shape index (κ1) is 17.2. The normalized spacial score (nSPS) is 29.8. The monoisotopic (exact) mass is 332 g/mol. The molecule has 1 saturated heterocycles. The maximum absolute atomic E-state index is 12.4. The van der Waals surface area contributed by atoms with Crippen molar-refractivity contribution in [3.8, 4) is 6.07 Å². The highest BCUT2D eigenvalue weighted by Gasteiger charge is 2.45. The number of hydrogen-bond acceptors (Lipinski definition) is 4. The first-order valence-corrected chi connectivity index (χ1v) is 9.25. The average Bonchev–Trinajstić information content (AvgIpc) is 3.35. The van der Waals surface area contributed by atoms with Gasteiger partial charge in [0, 0.05) is 31.0 Å². The average molecular weight is 332 g/mol. The molecule has 2 saturated carbocycles. The van der Waals surface area contributed by atoms with Gasteiger partial charge in [-0.3, -0.25) is 14.5 Å². The van der Waals surface area contributed by atoms with Gasteiger partial charge in [-0.1, -0.05) is 19.3 Å². The second-order valence-electron chi connectivity index (χ2n) is 7.90. The van der Waals surface area contributed by atoms with E-state index in [1.807, 2.05) is 0 Å². The third kappa shape index (κ3) is 3.56. The van der Waals surface area contributed by atoms with Crippen molar-refractivity contribution in [2.75, 3.05) is 13.1 Å². The van der Waals surface area contributed by atoms with Crippen molar-refractivity contribution in [2.45, 2.75) is 75.8 Å². The molecule has 0 spiro atoms. The zero-order chi connectivity index (χ0) is 17.2. The van der Waals surface area contributed by atoms with Crippen molar-refractivity contribution in [3.63, 3.8) is 0 Å². The highest BCUT2D eigenvalue weighted by Crippen LogP contribution is 2.40. The predicted octanol–water partition coefficient (Wildman–Crippen LogP) is 1.45. The smallest absolute Gasteiger partial charge is 0.223 e. The van der Waals surface area contributed by atoms with Gasteiger partial charge in [-0.2, -0.15) is 5.26 Å². The first-order valence-electron chi connectivity index (χ1n) is 9.25. The zero-order valence-electron chi connectivity index (χ0n) is 14.4. The van der Waals surface area contributed by atoms with Crippen LogP contribution in [-0.4, -0.2) is 41.4 Å². The number of primary amides is 1. The number of nitriles is 1. The molecule has 2 amide bonds.